The minimum Gasteiger partial charge on any atom is -0.464 e. The summed E-state index contributed by atoms with van der Waals surface area (Å²) in [6, 6.07) is 0. The van der Waals surface area contributed by atoms with Gasteiger partial charge in [0.2, 0.25) is 0 Å². The molecule has 0 heterocycles. The molecule has 4 heteroatoms. The third-order valence-corrected chi connectivity index (χ3v) is 1.46. The van der Waals surface area contributed by atoms with Crippen LogP contribution >= 0.6 is 11.6 Å². The van der Waals surface area contributed by atoms with Gasteiger partial charge >= 0.3 is 5.97 Å². The molecule has 0 saturated carbocycles. The fourth-order valence-electron chi connectivity index (χ4n) is 0.365. The highest BCUT2D eigenvalue weighted by molar-refractivity contribution is 6.19. The largest absolute Gasteiger partial charge is 0.464 e. The van der Waals surface area contributed by atoms with Gasteiger partial charge in [-0.2, -0.15) is 0 Å². The van der Waals surface area contributed by atoms with Crippen LogP contribution in [0.1, 0.15) is 6.92 Å². The van der Waals surface area contributed by atoms with E-state index in [4.69, 9.17) is 22.1 Å². The van der Waals surface area contributed by atoms with Crippen molar-refractivity contribution >= 4 is 17.6 Å². The smallest absolute Gasteiger partial charge is 0.309 e. The van der Waals surface area contributed by atoms with E-state index in [0.717, 1.165) is 0 Å². The van der Waals surface area contributed by atoms with Crippen LogP contribution in [0.3, 0.4) is 0 Å². The Morgan fingerprint density at radius 1 is 1.80 bits per heavy atom. The zero-order valence-electron chi connectivity index (χ0n) is 5.97. The summed E-state index contributed by atoms with van der Waals surface area (Å²) in [5.41, 5.74) is 5.11. The highest BCUT2D eigenvalue weighted by Gasteiger charge is 2.11. The van der Waals surface area contributed by atoms with Gasteiger partial charge in [-0.05, 0) is 0 Å². The van der Waals surface area contributed by atoms with E-state index in [0.29, 0.717) is 12.4 Å². The molecule has 0 bridgehead atoms. The van der Waals surface area contributed by atoms with Gasteiger partial charge in [0.15, 0.2) is 0 Å². The number of nitrogens with two attached hydrogens (primary N) is 1. The monoisotopic (exact) mass is 165 g/mol. The maximum atomic E-state index is 10.8. The molecular formula is C6H12ClNO2. The van der Waals surface area contributed by atoms with Gasteiger partial charge in [-0.15, -0.1) is 11.6 Å². The van der Waals surface area contributed by atoms with Crippen LogP contribution in [0.4, 0.5) is 0 Å². The van der Waals surface area contributed by atoms with Crippen LogP contribution in [0.2, 0.25) is 0 Å². The van der Waals surface area contributed by atoms with E-state index in [9.17, 15) is 4.79 Å². The van der Waals surface area contributed by atoms with Crippen molar-refractivity contribution in [3.05, 3.63) is 0 Å². The molecule has 0 spiro atoms. The predicted octanol–water partition coefficient (Wildman–Crippen LogP) is 0.363. The molecule has 0 radical (unpaired) electrons. The number of rotatable bonds is 4. The average molecular weight is 166 g/mol. The second kappa shape index (κ2) is 5.50. The van der Waals surface area contributed by atoms with Crippen molar-refractivity contribution in [2.75, 3.05) is 19.0 Å². The molecule has 0 aliphatic rings. The lowest BCUT2D eigenvalue weighted by molar-refractivity contribution is -0.146. The summed E-state index contributed by atoms with van der Waals surface area (Å²) in [6.07, 6.45) is 0. The van der Waals surface area contributed by atoms with Crippen molar-refractivity contribution < 1.29 is 9.53 Å². The van der Waals surface area contributed by atoms with Crippen molar-refractivity contribution in [3.8, 4) is 0 Å². The molecule has 0 aromatic heterocycles. The molecule has 0 aliphatic heterocycles. The van der Waals surface area contributed by atoms with E-state index in [1.165, 1.54) is 0 Å². The van der Waals surface area contributed by atoms with Gasteiger partial charge in [-0.25, -0.2) is 0 Å². The van der Waals surface area contributed by atoms with Gasteiger partial charge in [-0.1, -0.05) is 6.92 Å². The number of hydrogen-bond acceptors (Lipinski definition) is 3. The molecule has 3 nitrogen and oxygen atoms in total. The summed E-state index contributed by atoms with van der Waals surface area (Å²) in [4.78, 5) is 10.8. The van der Waals surface area contributed by atoms with E-state index >= 15 is 0 Å². The first-order valence-electron chi connectivity index (χ1n) is 3.15. The third kappa shape index (κ3) is 3.69. The lowest BCUT2D eigenvalue weighted by atomic mass is 10.2. The molecule has 0 rings (SSSR count). The summed E-state index contributed by atoms with van der Waals surface area (Å²) < 4.78 is 4.70. The van der Waals surface area contributed by atoms with Crippen LogP contribution in [0.15, 0.2) is 0 Å². The van der Waals surface area contributed by atoms with E-state index < -0.39 is 0 Å². The molecule has 0 aliphatic carbocycles. The molecule has 0 aromatic rings. The van der Waals surface area contributed by atoms with Crippen LogP contribution in [-0.4, -0.2) is 25.0 Å². The number of carbonyl (C=O) groups excluding carboxylic acids is 1. The Balaban J connectivity index is 3.42. The zero-order valence-corrected chi connectivity index (χ0v) is 6.73. The van der Waals surface area contributed by atoms with E-state index in [-0.39, 0.29) is 18.5 Å². The molecule has 0 aromatic carbocycles. The summed E-state index contributed by atoms with van der Waals surface area (Å²) in [7, 11) is 0. The Morgan fingerprint density at radius 2 is 2.40 bits per heavy atom. The van der Waals surface area contributed by atoms with E-state index in [1.807, 2.05) is 0 Å². The molecule has 60 valence electrons. The summed E-state index contributed by atoms with van der Waals surface area (Å²) in [5, 5.41) is 0. The molecule has 2 N–H and O–H groups in total. The van der Waals surface area contributed by atoms with Crippen LogP contribution < -0.4 is 5.73 Å². The van der Waals surface area contributed by atoms with Gasteiger partial charge in [0.1, 0.15) is 6.61 Å². The van der Waals surface area contributed by atoms with Crippen LogP contribution in [0.25, 0.3) is 0 Å². The highest BCUT2D eigenvalue weighted by Crippen LogP contribution is 1.99. The Kier molecular flexibility index (Phi) is 5.35. The molecular weight excluding hydrogens is 154 g/mol. The number of esters is 1. The molecule has 1 unspecified atom stereocenters. The van der Waals surface area contributed by atoms with Crippen LogP contribution in [0.5, 0.6) is 0 Å². The Morgan fingerprint density at radius 3 is 2.80 bits per heavy atom. The molecule has 0 amide bonds. The number of carbonyl (C=O) groups is 1. The summed E-state index contributed by atoms with van der Waals surface area (Å²) >= 11 is 5.39. The third-order valence-electron chi connectivity index (χ3n) is 0.996. The fourth-order valence-corrected chi connectivity index (χ4v) is 0.491. The fraction of sp³-hybridized carbons (Fsp3) is 0.833. The minimum absolute atomic E-state index is 0.229. The van der Waals surface area contributed by atoms with Crippen molar-refractivity contribution in [2.45, 2.75) is 6.92 Å². The number of alkyl halides is 1. The van der Waals surface area contributed by atoms with Crippen molar-refractivity contribution in [2.24, 2.45) is 11.7 Å². The van der Waals surface area contributed by atoms with Gasteiger partial charge in [0.05, 0.1) is 5.92 Å². The quantitative estimate of drug-likeness (QED) is 0.484. The zero-order chi connectivity index (χ0) is 7.98. The second-order valence-electron chi connectivity index (χ2n) is 2.01. The Bertz CT molecular complexity index is 108. The topological polar surface area (TPSA) is 52.3 Å². The van der Waals surface area contributed by atoms with E-state index in [1.54, 1.807) is 6.92 Å². The first kappa shape index (κ1) is 9.72. The van der Waals surface area contributed by atoms with Gasteiger partial charge in [0, 0.05) is 12.4 Å². The Hall–Kier alpha value is -0.280. The SMILES string of the molecule is CC(CCl)C(=O)OCCN. The second-order valence-corrected chi connectivity index (χ2v) is 2.32. The number of ether oxygens (including phenoxy) is 1. The summed E-state index contributed by atoms with van der Waals surface area (Å²) in [6.45, 7) is 2.35. The predicted molar refractivity (Wildman–Crippen MR) is 39.9 cm³/mol. The van der Waals surface area contributed by atoms with Gasteiger partial charge < -0.3 is 10.5 Å². The highest BCUT2D eigenvalue weighted by atomic mass is 35.5. The lowest BCUT2D eigenvalue weighted by Crippen LogP contribution is -2.19. The summed E-state index contributed by atoms with van der Waals surface area (Å²) in [5.74, 6) is -0.211. The molecule has 1 atom stereocenters. The van der Waals surface area contributed by atoms with Crippen molar-refractivity contribution in [1.82, 2.24) is 0 Å². The molecule has 10 heavy (non-hydrogen) atoms. The Labute approximate surface area is 65.5 Å². The van der Waals surface area contributed by atoms with Gasteiger partial charge in [0.25, 0.3) is 0 Å². The number of hydrogen-bond donors (Lipinski definition) is 1. The molecule has 0 saturated heterocycles. The van der Waals surface area contributed by atoms with Crippen LogP contribution in [-0.2, 0) is 9.53 Å². The lowest BCUT2D eigenvalue weighted by Gasteiger charge is -2.06. The first-order valence-corrected chi connectivity index (χ1v) is 3.68. The van der Waals surface area contributed by atoms with Crippen molar-refractivity contribution in [1.29, 1.82) is 0 Å². The van der Waals surface area contributed by atoms with Crippen molar-refractivity contribution in [3.63, 3.8) is 0 Å². The number of halogens is 1. The van der Waals surface area contributed by atoms with Crippen LogP contribution in [0, 0.1) is 5.92 Å². The van der Waals surface area contributed by atoms with E-state index in [2.05, 4.69) is 0 Å². The first-order chi connectivity index (χ1) is 4.72. The maximum absolute atomic E-state index is 10.8. The average Bonchev–Trinajstić information content (AvgIpc) is 1.98. The van der Waals surface area contributed by atoms with Gasteiger partial charge in [-0.3, -0.25) is 4.79 Å². The normalized spacial score (nSPS) is 12.7. The standard InChI is InChI=1S/C6H12ClNO2/c1-5(4-7)6(9)10-3-2-8/h5H,2-4,8H2,1H3. The molecule has 0 fully saturated rings. The maximum Gasteiger partial charge on any atom is 0.309 e. The minimum atomic E-state index is -0.277.